The average Bonchev–Trinajstić information content (AvgIpc) is 2.78. The number of alkyl halides is 3. The maximum Gasteiger partial charge on any atom is 0.492 e. The first-order valence-corrected chi connectivity index (χ1v) is 8.82. The Morgan fingerprint density at radius 1 is 1.21 bits per heavy atom. The Labute approximate surface area is 163 Å². The second-order valence-electron chi connectivity index (χ2n) is 7.67. The molecule has 0 spiro atoms. The lowest BCUT2D eigenvalue weighted by Crippen LogP contribution is -2.41. The third-order valence-corrected chi connectivity index (χ3v) is 5.00. The van der Waals surface area contributed by atoms with E-state index < -0.39 is 30.1 Å². The molecule has 1 fully saturated rings. The summed E-state index contributed by atoms with van der Waals surface area (Å²) in [5.41, 5.74) is -1.02. The number of methoxy groups -OCH3 is 1. The molecule has 1 aromatic carbocycles. The summed E-state index contributed by atoms with van der Waals surface area (Å²) in [5, 5.41) is 2.68. The normalized spacial score (nSPS) is 18.9. The van der Waals surface area contributed by atoms with E-state index in [0.29, 0.717) is 11.0 Å². The fraction of sp³-hybridized carbons (Fsp3) is 0.526. The molecule has 0 bridgehead atoms. The third kappa shape index (κ3) is 4.88. The number of hydrogen-bond donors (Lipinski definition) is 1. The highest BCUT2D eigenvalue weighted by Gasteiger charge is 2.52. The van der Waals surface area contributed by atoms with Gasteiger partial charge in [-0.05, 0) is 45.3 Å². The summed E-state index contributed by atoms with van der Waals surface area (Å²) in [4.78, 5) is 11.4. The number of ether oxygens (including phenoxy) is 1. The van der Waals surface area contributed by atoms with Crippen molar-refractivity contribution in [2.24, 2.45) is 0 Å². The van der Waals surface area contributed by atoms with Crippen molar-refractivity contribution in [2.45, 2.75) is 52.0 Å². The zero-order chi connectivity index (χ0) is 21.3. The Kier molecular flexibility index (Phi) is 6.20. The molecule has 0 unspecified atom stereocenters. The average molecular weight is 399 g/mol. The van der Waals surface area contributed by atoms with E-state index in [1.54, 1.807) is 6.08 Å². The molecule has 1 amide bonds. The first-order valence-electron chi connectivity index (χ1n) is 8.82. The smallest absolute Gasteiger partial charge is 0.492 e. The Balaban J connectivity index is 2.44. The van der Waals surface area contributed by atoms with Gasteiger partial charge < -0.3 is 19.4 Å². The van der Waals surface area contributed by atoms with Gasteiger partial charge in [-0.15, -0.1) is 0 Å². The van der Waals surface area contributed by atoms with Crippen LogP contribution in [-0.4, -0.2) is 37.9 Å². The highest BCUT2D eigenvalue weighted by molar-refractivity contribution is 6.56. The van der Waals surface area contributed by atoms with Crippen LogP contribution in [0.25, 0.3) is 6.08 Å². The Hall–Kier alpha value is -2.00. The van der Waals surface area contributed by atoms with Gasteiger partial charge in [0.1, 0.15) is 5.75 Å². The van der Waals surface area contributed by atoms with Crippen LogP contribution in [-0.2, 0) is 20.3 Å². The molecule has 2 rings (SSSR count). The number of halogens is 3. The van der Waals surface area contributed by atoms with Crippen molar-refractivity contribution in [2.75, 3.05) is 13.7 Å². The zero-order valence-corrected chi connectivity index (χ0v) is 16.9. The first-order chi connectivity index (χ1) is 12.8. The van der Waals surface area contributed by atoms with E-state index in [0.717, 1.165) is 12.1 Å². The van der Waals surface area contributed by atoms with Crippen molar-refractivity contribution in [3.63, 3.8) is 0 Å². The Morgan fingerprint density at radius 3 is 2.25 bits per heavy atom. The molecule has 0 radical (unpaired) electrons. The van der Waals surface area contributed by atoms with Gasteiger partial charge in [0.2, 0.25) is 5.91 Å². The van der Waals surface area contributed by atoms with Gasteiger partial charge in [0, 0.05) is 19.0 Å². The predicted octanol–water partition coefficient (Wildman–Crippen LogP) is 3.86. The summed E-state index contributed by atoms with van der Waals surface area (Å²) in [7, 11) is 0.540. The molecule has 0 saturated carbocycles. The van der Waals surface area contributed by atoms with Gasteiger partial charge in [-0.25, -0.2) is 0 Å². The second-order valence-corrected chi connectivity index (χ2v) is 7.67. The number of carbonyl (C=O) groups excluding carboxylic acids is 1. The van der Waals surface area contributed by atoms with Crippen LogP contribution in [0.3, 0.4) is 0 Å². The standard InChI is InChI=1S/C19H25BF3NO4/c1-12(25)24-11-15(20-27-17(2,3)18(4,5)28-20)9-13-7-8-14(19(21,22)23)10-16(13)26-6/h7-10H,11H2,1-6H3,(H,24,25). The third-order valence-electron chi connectivity index (χ3n) is 5.00. The minimum absolute atomic E-state index is 0.0617. The molecule has 1 heterocycles. The Morgan fingerprint density at radius 2 is 1.79 bits per heavy atom. The van der Waals surface area contributed by atoms with Crippen molar-refractivity contribution in [3.05, 3.63) is 34.8 Å². The largest absolute Gasteiger partial charge is 0.496 e. The lowest BCUT2D eigenvalue weighted by Gasteiger charge is -2.32. The molecule has 0 atom stereocenters. The summed E-state index contributed by atoms with van der Waals surface area (Å²) >= 11 is 0. The van der Waals surface area contributed by atoms with Crippen LogP contribution in [0.4, 0.5) is 13.2 Å². The number of amides is 1. The summed E-state index contributed by atoms with van der Waals surface area (Å²) in [5.74, 6) is -0.187. The van der Waals surface area contributed by atoms with Crippen LogP contribution in [0.15, 0.2) is 23.7 Å². The summed E-state index contributed by atoms with van der Waals surface area (Å²) < 4.78 is 56.1. The molecule has 1 N–H and O–H groups in total. The van der Waals surface area contributed by atoms with Crippen molar-refractivity contribution < 1.29 is 32.0 Å². The maximum atomic E-state index is 13.0. The summed E-state index contributed by atoms with van der Waals surface area (Å²) in [6, 6.07) is 3.24. The lowest BCUT2D eigenvalue weighted by atomic mass is 9.76. The number of hydrogen-bond acceptors (Lipinski definition) is 4. The van der Waals surface area contributed by atoms with Crippen LogP contribution in [0.5, 0.6) is 5.75 Å². The van der Waals surface area contributed by atoms with Gasteiger partial charge >= 0.3 is 13.3 Å². The minimum atomic E-state index is -4.47. The molecule has 1 saturated heterocycles. The fourth-order valence-electron chi connectivity index (χ4n) is 2.63. The molecule has 154 valence electrons. The van der Waals surface area contributed by atoms with E-state index in [-0.39, 0.29) is 18.2 Å². The maximum absolute atomic E-state index is 13.0. The van der Waals surface area contributed by atoms with Crippen LogP contribution >= 0.6 is 0 Å². The van der Waals surface area contributed by atoms with E-state index in [2.05, 4.69) is 5.32 Å². The molecule has 0 aliphatic carbocycles. The van der Waals surface area contributed by atoms with E-state index in [1.807, 2.05) is 27.7 Å². The van der Waals surface area contributed by atoms with Crippen molar-refractivity contribution >= 4 is 19.1 Å². The number of rotatable bonds is 5. The SMILES string of the molecule is COc1cc(C(F)(F)F)ccc1C=C(CNC(C)=O)B1OC(C)(C)C(C)(C)O1. The minimum Gasteiger partial charge on any atom is -0.496 e. The number of benzene rings is 1. The van der Waals surface area contributed by atoms with Gasteiger partial charge in [0.25, 0.3) is 0 Å². The van der Waals surface area contributed by atoms with Crippen LogP contribution in [0.2, 0.25) is 0 Å². The molecule has 1 aliphatic rings. The van der Waals surface area contributed by atoms with Crippen LogP contribution < -0.4 is 10.1 Å². The number of carbonyl (C=O) groups is 1. The Bertz CT molecular complexity index is 759. The topological polar surface area (TPSA) is 56.8 Å². The highest BCUT2D eigenvalue weighted by Crippen LogP contribution is 2.39. The molecular weight excluding hydrogens is 374 g/mol. The van der Waals surface area contributed by atoms with Crippen LogP contribution in [0.1, 0.15) is 45.7 Å². The second kappa shape index (κ2) is 7.79. The monoisotopic (exact) mass is 399 g/mol. The quantitative estimate of drug-likeness (QED) is 0.764. The van der Waals surface area contributed by atoms with Gasteiger partial charge in [-0.3, -0.25) is 4.79 Å². The predicted molar refractivity (Wildman–Crippen MR) is 101 cm³/mol. The van der Waals surface area contributed by atoms with Crippen molar-refractivity contribution in [1.82, 2.24) is 5.32 Å². The van der Waals surface area contributed by atoms with Gasteiger partial charge in [0.05, 0.1) is 23.9 Å². The van der Waals surface area contributed by atoms with E-state index in [1.165, 1.54) is 20.1 Å². The van der Waals surface area contributed by atoms with E-state index in [9.17, 15) is 18.0 Å². The molecule has 5 nitrogen and oxygen atoms in total. The molecule has 1 aromatic rings. The van der Waals surface area contributed by atoms with Gasteiger partial charge in [-0.1, -0.05) is 12.1 Å². The molecule has 0 aromatic heterocycles. The first kappa shape index (κ1) is 22.3. The van der Waals surface area contributed by atoms with Crippen molar-refractivity contribution in [1.29, 1.82) is 0 Å². The van der Waals surface area contributed by atoms with Gasteiger partial charge in [0.15, 0.2) is 0 Å². The molecular formula is C19H25BF3NO4. The molecule has 28 heavy (non-hydrogen) atoms. The summed E-state index contributed by atoms with van der Waals surface area (Å²) in [6.45, 7) is 9.06. The van der Waals surface area contributed by atoms with Gasteiger partial charge in [-0.2, -0.15) is 13.2 Å². The number of nitrogens with one attached hydrogen (secondary N) is 1. The van der Waals surface area contributed by atoms with E-state index >= 15 is 0 Å². The molecule has 1 aliphatic heterocycles. The molecule has 9 heteroatoms. The van der Waals surface area contributed by atoms with Crippen molar-refractivity contribution in [3.8, 4) is 5.75 Å². The van der Waals surface area contributed by atoms with Crippen LogP contribution in [0, 0.1) is 0 Å². The highest BCUT2D eigenvalue weighted by atomic mass is 19.4. The fourth-order valence-corrected chi connectivity index (χ4v) is 2.63. The summed E-state index contributed by atoms with van der Waals surface area (Å²) in [6.07, 6.45) is -2.85. The lowest BCUT2D eigenvalue weighted by molar-refractivity contribution is -0.137. The van der Waals surface area contributed by atoms with E-state index in [4.69, 9.17) is 14.0 Å². The zero-order valence-electron chi connectivity index (χ0n) is 16.9.